The van der Waals surface area contributed by atoms with Gasteiger partial charge in [-0.25, -0.2) is 4.39 Å². The van der Waals surface area contributed by atoms with E-state index < -0.39 is 11.9 Å². The van der Waals surface area contributed by atoms with Gasteiger partial charge in [0.15, 0.2) is 0 Å². The van der Waals surface area contributed by atoms with Gasteiger partial charge in [-0.05, 0) is 19.1 Å². The van der Waals surface area contributed by atoms with Crippen molar-refractivity contribution in [3.63, 3.8) is 0 Å². The molecule has 1 aromatic carbocycles. The van der Waals surface area contributed by atoms with Gasteiger partial charge in [0.1, 0.15) is 5.82 Å². The molecule has 1 aliphatic heterocycles. The van der Waals surface area contributed by atoms with Crippen molar-refractivity contribution in [3.05, 3.63) is 29.6 Å². The van der Waals surface area contributed by atoms with Gasteiger partial charge in [0.2, 0.25) is 11.8 Å². The van der Waals surface area contributed by atoms with Gasteiger partial charge in [-0.3, -0.25) is 19.8 Å². The Morgan fingerprint density at radius 3 is 2.89 bits per heavy atom. The van der Waals surface area contributed by atoms with Gasteiger partial charge >= 0.3 is 0 Å². The van der Waals surface area contributed by atoms with E-state index in [1.54, 1.807) is 17.9 Å². The Morgan fingerprint density at radius 2 is 2.22 bits per heavy atom. The zero-order valence-electron chi connectivity index (χ0n) is 9.94. The number of carbonyl (C=O) groups is 2. The molecule has 0 spiro atoms. The number of nitrogens with two attached hydrogens (primary N) is 1. The number of anilines is 1. The van der Waals surface area contributed by atoms with Gasteiger partial charge in [-0.15, -0.1) is 0 Å². The Labute approximate surface area is 104 Å². The number of carbonyl (C=O) groups excluding carboxylic acids is 2. The minimum absolute atomic E-state index is 0.0562. The third kappa shape index (κ3) is 2.33. The fourth-order valence-corrected chi connectivity index (χ4v) is 1.91. The fraction of sp³-hybridized carbons (Fsp3) is 0.333. The summed E-state index contributed by atoms with van der Waals surface area (Å²) in [6, 6.07) is 3.93. The molecular formula is C12H14FN3O2. The van der Waals surface area contributed by atoms with Gasteiger partial charge < -0.3 is 5.73 Å². The zero-order chi connectivity index (χ0) is 13.3. The molecule has 2 amide bonds. The number of halogens is 1. The number of nitrogens with one attached hydrogen (secondary N) is 1. The highest BCUT2D eigenvalue weighted by atomic mass is 19.1. The molecule has 0 aromatic heterocycles. The highest BCUT2D eigenvalue weighted by molar-refractivity contribution is 6.00. The van der Waals surface area contributed by atoms with Gasteiger partial charge in [-0.2, -0.15) is 0 Å². The number of imide groups is 1. The van der Waals surface area contributed by atoms with Crippen LogP contribution in [0.25, 0.3) is 0 Å². The van der Waals surface area contributed by atoms with Crippen LogP contribution in [0.1, 0.15) is 12.5 Å². The lowest BCUT2D eigenvalue weighted by Crippen LogP contribution is -2.56. The molecule has 2 rings (SSSR count). The maximum Gasteiger partial charge on any atom is 0.243 e. The van der Waals surface area contributed by atoms with E-state index in [1.807, 2.05) is 0 Å². The fourth-order valence-electron chi connectivity index (χ4n) is 1.91. The molecule has 1 aliphatic rings. The molecule has 1 heterocycles. The highest BCUT2D eigenvalue weighted by Gasteiger charge is 2.30. The monoisotopic (exact) mass is 251 g/mol. The summed E-state index contributed by atoms with van der Waals surface area (Å²) in [6.45, 7) is 1.86. The lowest BCUT2D eigenvalue weighted by Gasteiger charge is -2.31. The molecule has 1 saturated heterocycles. The van der Waals surface area contributed by atoms with Crippen LogP contribution in [0.5, 0.6) is 0 Å². The topological polar surface area (TPSA) is 75.4 Å². The number of amides is 2. The molecule has 0 bridgehead atoms. The number of nitrogen functional groups attached to an aromatic ring is 1. The smallest absolute Gasteiger partial charge is 0.243 e. The summed E-state index contributed by atoms with van der Waals surface area (Å²) >= 11 is 0. The van der Waals surface area contributed by atoms with Crippen molar-refractivity contribution in [2.24, 2.45) is 0 Å². The standard InChI is InChI=1S/C12H14FN3O2/c1-7-12(18)15-11(17)6-16(7)5-8-9(13)3-2-4-10(8)14/h2-4,7H,5-6,14H2,1H3,(H,15,17,18). The number of hydrogen-bond donors (Lipinski definition) is 2. The van der Waals surface area contributed by atoms with Crippen LogP contribution in [0.4, 0.5) is 10.1 Å². The predicted octanol–water partition coefficient (Wildman–Crippen LogP) is 0.255. The summed E-state index contributed by atoms with van der Waals surface area (Å²) in [6.07, 6.45) is 0. The molecule has 96 valence electrons. The first-order valence-corrected chi connectivity index (χ1v) is 5.59. The minimum atomic E-state index is -0.485. The van der Waals surface area contributed by atoms with Gasteiger partial charge in [-0.1, -0.05) is 6.07 Å². The van der Waals surface area contributed by atoms with E-state index in [9.17, 15) is 14.0 Å². The van der Waals surface area contributed by atoms with Crippen LogP contribution in [0.15, 0.2) is 18.2 Å². The third-order valence-electron chi connectivity index (χ3n) is 3.05. The highest BCUT2D eigenvalue weighted by Crippen LogP contribution is 2.19. The summed E-state index contributed by atoms with van der Waals surface area (Å²) in [5.74, 6) is -1.19. The summed E-state index contributed by atoms with van der Waals surface area (Å²) in [7, 11) is 0. The molecule has 3 N–H and O–H groups in total. The SMILES string of the molecule is CC1C(=O)NC(=O)CN1Cc1c(N)cccc1F. The van der Waals surface area contributed by atoms with E-state index in [0.717, 1.165) is 0 Å². The molecule has 0 radical (unpaired) electrons. The van der Waals surface area contributed by atoms with Gasteiger partial charge in [0.25, 0.3) is 0 Å². The first-order chi connectivity index (χ1) is 8.49. The lowest BCUT2D eigenvalue weighted by atomic mass is 10.1. The average molecular weight is 251 g/mol. The summed E-state index contributed by atoms with van der Waals surface area (Å²) < 4.78 is 13.6. The van der Waals surface area contributed by atoms with E-state index in [1.165, 1.54) is 12.1 Å². The zero-order valence-corrected chi connectivity index (χ0v) is 9.94. The molecule has 6 heteroatoms. The molecule has 18 heavy (non-hydrogen) atoms. The Balaban J connectivity index is 2.22. The molecule has 1 unspecified atom stereocenters. The van der Waals surface area contributed by atoms with Crippen molar-refractivity contribution < 1.29 is 14.0 Å². The van der Waals surface area contributed by atoms with Gasteiger partial charge in [0, 0.05) is 17.8 Å². The number of nitrogens with zero attached hydrogens (tertiary/aromatic N) is 1. The molecule has 0 aliphatic carbocycles. The Kier molecular flexibility index (Phi) is 3.29. The van der Waals surface area contributed by atoms with Crippen molar-refractivity contribution in [2.75, 3.05) is 12.3 Å². The van der Waals surface area contributed by atoms with Crippen LogP contribution >= 0.6 is 0 Å². The Morgan fingerprint density at radius 1 is 1.50 bits per heavy atom. The van der Waals surface area contributed by atoms with E-state index in [2.05, 4.69) is 5.32 Å². The first kappa shape index (κ1) is 12.5. The van der Waals surface area contributed by atoms with E-state index >= 15 is 0 Å². The largest absolute Gasteiger partial charge is 0.398 e. The molecule has 1 fully saturated rings. The maximum atomic E-state index is 13.6. The average Bonchev–Trinajstić information content (AvgIpc) is 2.30. The Bertz CT molecular complexity index is 484. The van der Waals surface area contributed by atoms with Crippen LogP contribution in [-0.4, -0.2) is 29.3 Å². The number of piperazine rings is 1. The van der Waals surface area contributed by atoms with Crippen molar-refractivity contribution in [1.29, 1.82) is 0 Å². The lowest BCUT2D eigenvalue weighted by molar-refractivity contribution is -0.139. The van der Waals surface area contributed by atoms with Crippen LogP contribution < -0.4 is 11.1 Å². The minimum Gasteiger partial charge on any atom is -0.398 e. The van der Waals surface area contributed by atoms with Crippen LogP contribution in [0.3, 0.4) is 0 Å². The number of hydrogen-bond acceptors (Lipinski definition) is 4. The second-order valence-electron chi connectivity index (χ2n) is 4.30. The Hall–Kier alpha value is -1.95. The van der Waals surface area contributed by atoms with Gasteiger partial charge in [0.05, 0.1) is 12.6 Å². The van der Waals surface area contributed by atoms with Crippen molar-refractivity contribution in [1.82, 2.24) is 10.2 Å². The molecule has 0 saturated carbocycles. The normalized spacial score (nSPS) is 20.9. The number of rotatable bonds is 2. The van der Waals surface area contributed by atoms with Crippen LogP contribution in [0.2, 0.25) is 0 Å². The van der Waals surface area contributed by atoms with E-state index in [-0.39, 0.29) is 24.9 Å². The predicted molar refractivity (Wildman–Crippen MR) is 63.8 cm³/mol. The van der Waals surface area contributed by atoms with E-state index in [0.29, 0.717) is 11.3 Å². The maximum absolute atomic E-state index is 13.6. The third-order valence-corrected chi connectivity index (χ3v) is 3.05. The van der Waals surface area contributed by atoms with Crippen molar-refractivity contribution in [2.45, 2.75) is 19.5 Å². The molecular weight excluding hydrogens is 237 g/mol. The van der Waals surface area contributed by atoms with E-state index in [4.69, 9.17) is 5.73 Å². The molecule has 1 aromatic rings. The second-order valence-corrected chi connectivity index (χ2v) is 4.30. The summed E-state index contributed by atoms with van der Waals surface area (Å²) in [5.41, 5.74) is 6.33. The number of benzene rings is 1. The molecule has 1 atom stereocenters. The van der Waals surface area contributed by atoms with Crippen LogP contribution in [-0.2, 0) is 16.1 Å². The van der Waals surface area contributed by atoms with Crippen molar-refractivity contribution in [3.8, 4) is 0 Å². The summed E-state index contributed by atoms with van der Waals surface area (Å²) in [5, 5.41) is 2.23. The summed E-state index contributed by atoms with van der Waals surface area (Å²) in [4.78, 5) is 24.4. The first-order valence-electron chi connectivity index (χ1n) is 5.59. The quantitative estimate of drug-likeness (QED) is 0.584. The van der Waals surface area contributed by atoms with Crippen LogP contribution in [0, 0.1) is 5.82 Å². The van der Waals surface area contributed by atoms with Crippen molar-refractivity contribution >= 4 is 17.5 Å². The second kappa shape index (κ2) is 4.73. The molecule has 5 nitrogen and oxygen atoms in total.